The van der Waals surface area contributed by atoms with Crippen molar-refractivity contribution in [2.24, 2.45) is 0 Å². The molecule has 1 amide bonds. The maximum atomic E-state index is 12.5. The van der Waals surface area contributed by atoms with Crippen LogP contribution in [0, 0.1) is 11.3 Å². The Morgan fingerprint density at radius 2 is 1.93 bits per heavy atom. The van der Waals surface area contributed by atoms with Crippen LogP contribution in [0.2, 0.25) is 0 Å². The predicted molar refractivity (Wildman–Crippen MR) is 105 cm³/mol. The van der Waals surface area contributed by atoms with Crippen molar-refractivity contribution in [1.82, 2.24) is 4.90 Å². The molecule has 0 bridgehead atoms. The zero-order valence-corrected chi connectivity index (χ0v) is 15.8. The van der Waals surface area contributed by atoms with Crippen LogP contribution in [0.1, 0.15) is 11.1 Å². The van der Waals surface area contributed by atoms with Gasteiger partial charge in [0.2, 0.25) is 0 Å². The van der Waals surface area contributed by atoms with E-state index in [0.717, 1.165) is 5.56 Å². The maximum Gasteiger partial charge on any atom is 0.264 e. The van der Waals surface area contributed by atoms with Gasteiger partial charge in [-0.15, -0.1) is 0 Å². The van der Waals surface area contributed by atoms with Gasteiger partial charge < -0.3 is 19.1 Å². The molecule has 1 saturated heterocycles. The van der Waals surface area contributed by atoms with Crippen molar-refractivity contribution in [2.75, 3.05) is 33.4 Å². The zero-order chi connectivity index (χ0) is 19.8. The summed E-state index contributed by atoms with van der Waals surface area (Å²) in [6, 6.07) is 17.2. The van der Waals surface area contributed by atoms with Crippen molar-refractivity contribution in [1.29, 1.82) is 5.26 Å². The van der Waals surface area contributed by atoms with Crippen molar-refractivity contribution < 1.29 is 19.0 Å². The molecule has 6 nitrogen and oxygen atoms in total. The number of nitrogens with zero attached hydrogens (tertiary/aromatic N) is 2. The molecule has 6 heteroatoms. The summed E-state index contributed by atoms with van der Waals surface area (Å²) < 4.78 is 16.5. The van der Waals surface area contributed by atoms with E-state index in [-0.39, 0.29) is 11.5 Å². The number of amides is 1. The van der Waals surface area contributed by atoms with E-state index in [2.05, 4.69) is 0 Å². The normalized spacial score (nSPS) is 14.3. The number of rotatable bonds is 6. The molecule has 0 spiro atoms. The van der Waals surface area contributed by atoms with Crippen molar-refractivity contribution in [3.05, 3.63) is 65.2 Å². The number of morpholine rings is 1. The molecule has 1 aliphatic rings. The summed E-state index contributed by atoms with van der Waals surface area (Å²) in [5, 5.41) is 9.43. The zero-order valence-electron chi connectivity index (χ0n) is 15.8. The lowest BCUT2D eigenvalue weighted by molar-refractivity contribution is -0.130. The van der Waals surface area contributed by atoms with Gasteiger partial charge in [-0.1, -0.05) is 36.4 Å². The molecular weight excluding hydrogens is 356 g/mol. The van der Waals surface area contributed by atoms with E-state index >= 15 is 0 Å². The third kappa shape index (κ3) is 4.90. The summed E-state index contributed by atoms with van der Waals surface area (Å²) in [6.45, 7) is 2.39. The molecule has 3 rings (SSSR count). The largest absolute Gasteiger partial charge is 0.493 e. The van der Waals surface area contributed by atoms with Crippen LogP contribution in [0.5, 0.6) is 11.5 Å². The number of methoxy groups -OCH3 is 1. The quantitative estimate of drug-likeness (QED) is 0.571. The van der Waals surface area contributed by atoms with E-state index in [1.54, 1.807) is 36.3 Å². The molecule has 0 aliphatic carbocycles. The maximum absolute atomic E-state index is 12.5. The average Bonchev–Trinajstić information content (AvgIpc) is 2.77. The Kier molecular flexibility index (Phi) is 6.66. The molecule has 1 fully saturated rings. The van der Waals surface area contributed by atoms with Gasteiger partial charge in [0, 0.05) is 13.1 Å². The van der Waals surface area contributed by atoms with Crippen LogP contribution < -0.4 is 9.47 Å². The monoisotopic (exact) mass is 378 g/mol. The lowest BCUT2D eigenvalue weighted by Gasteiger charge is -2.26. The van der Waals surface area contributed by atoms with E-state index in [1.165, 1.54) is 0 Å². The number of benzene rings is 2. The standard InChI is InChI=1S/C22H22N2O4/c1-26-21-14-18(7-8-20(21)28-16-17-5-3-2-4-6-17)13-19(15-23)22(25)24-9-11-27-12-10-24/h2-8,13-14H,9-12,16H2,1H3. The van der Waals surface area contributed by atoms with Gasteiger partial charge >= 0.3 is 0 Å². The summed E-state index contributed by atoms with van der Waals surface area (Å²) in [7, 11) is 1.56. The molecule has 0 saturated carbocycles. The van der Waals surface area contributed by atoms with Crippen LogP contribution in [-0.4, -0.2) is 44.2 Å². The third-order valence-corrected chi connectivity index (χ3v) is 4.39. The van der Waals surface area contributed by atoms with Gasteiger partial charge in [-0.05, 0) is 29.3 Å². The Balaban J connectivity index is 1.75. The fourth-order valence-corrected chi connectivity index (χ4v) is 2.87. The lowest BCUT2D eigenvalue weighted by atomic mass is 10.1. The first kappa shape index (κ1) is 19.5. The van der Waals surface area contributed by atoms with Gasteiger partial charge in [-0.3, -0.25) is 4.79 Å². The second kappa shape index (κ2) is 9.58. The van der Waals surface area contributed by atoms with E-state index in [1.807, 2.05) is 36.4 Å². The third-order valence-electron chi connectivity index (χ3n) is 4.39. The molecular formula is C22H22N2O4. The van der Waals surface area contributed by atoms with Crippen LogP contribution in [0.4, 0.5) is 0 Å². The number of ether oxygens (including phenoxy) is 3. The summed E-state index contributed by atoms with van der Waals surface area (Å²) in [4.78, 5) is 14.2. The highest BCUT2D eigenvalue weighted by molar-refractivity contribution is 6.01. The Morgan fingerprint density at radius 1 is 1.18 bits per heavy atom. The Morgan fingerprint density at radius 3 is 2.61 bits per heavy atom. The number of nitriles is 1. The summed E-state index contributed by atoms with van der Waals surface area (Å²) >= 11 is 0. The average molecular weight is 378 g/mol. The molecule has 28 heavy (non-hydrogen) atoms. The van der Waals surface area contributed by atoms with Crippen molar-refractivity contribution in [3.8, 4) is 17.6 Å². The number of carbonyl (C=O) groups is 1. The van der Waals surface area contributed by atoms with Crippen LogP contribution >= 0.6 is 0 Å². The number of hydrogen-bond acceptors (Lipinski definition) is 5. The van der Waals surface area contributed by atoms with Gasteiger partial charge in [0.15, 0.2) is 11.5 Å². The van der Waals surface area contributed by atoms with Gasteiger partial charge in [0.05, 0.1) is 20.3 Å². The minimum absolute atomic E-state index is 0.0851. The molecule has 144 valence electrons. The molecule has 0 radical (unpaired) electrons. The number of carbonyl (C=O) groups excluding carboxylic acids is 1. The predicted octanol–water partition coefficient (Wildman–Crippen LogP) is 3.04. The highest BCUT2D eigenvalue weighted by Gasteiger charge is 2.20. The summed E-state index contributed by atoms with van der Waals surface area (Å²) in [5.41, 5.74) is 1.83. The second-order valence-corrected chi connectivity index (χ2v) is 6.26. The van der Waals surface area contributed by atoms with Gasteiger partial charge in [0.25, 0.3) is 5.91 Å². The second-order valence-electron chi connectivity index (χ2n) is 6.26. The minimum Gasteiger partial charge on any atom is -0.493 e. The SMILES string of the molecule is COc1cc(C=C(C#N)C(=O)N2CCOCC2)ccc1OCc1ccccc1. The topological polar surface area (TPSA) is 71.8 Å². The molecule has 2 aromatic carbocycles. The fourth-order valence-electron chi connectivity index (χ4n) is 2.87. The first-order chi connectivity index (χ1) is 13.7. The Bertz CT molecular complexity index is 881. The summed E-state index contributed by atoms with van der Waals surface area (Å²) in [5.74, 6) is 0.858. The molecule has 0 unspecified atom stereocenters. The van der Waals surface area contributed by atoms with Crippen molar-refractivity contribution in [2.45, 2.75) is 6.61 Å². The first-order valence-corrected chi connectivity index (χ1v) is 9.05. The molecule has 2 aromatic rings. The van der Waals surface area contributed by atoms with E-state index in [4.69, 9.17) is 14.2 Å². The highest BCUT2D eigenvalue weighted by Crippen LogP contribution is 2.29. The summed E-state index contributed by atoms with van der Waals surface area (Å²) in [6.07, 6.45) is 1.57. The van der Waals surface area contributed by atoms with Crippen molar-refractivity contribution >= 4 is 12.0 Å². The van der Waals surface area contributed by atoms with Crippen molar-refractivity contribution in [3.63, 3.8) is 0 Å². The van der Waals surface area contributed by atoms with Crippen LogP contribution in [0.15, 0.2) is 54.1 Å². The minimum atomic E-state index is -0.283. The van der Waals surface area contributed by atoms with E-state index in [0.29, 0.717) is 50.0 Å². The van der Waals surface area contributed by atoms with Gasteiger partial charge in [0.1, 0.15) is 18.2 Å². The molecule has 1 aliphatic heterocycles. The van der Waals surface area contributed by atoms with Gasteiger partial charge in [-0.25, -0.2) is 0 Å². The van der Waals surface area contributed by atoms with Crippen LogP contribution in [-0.2, 0) is 16.1 Å². The van der Waals surface area contributed by atoms with E-state index < -0.39 is 0 Å². The Labute approximate surface area is 164 Å². The van der Waals surface area contributed by atoms with Crippen LogP contribution in [0.3, 0.4) is 0 Å². The molecule has 1 heterocycles. The lowest BCUT2D eigenvalue weighted by Crippen LogP contribution is -2.41. The molecule has 0 aromatic heterocycles. The molecule has 0 atom stereocenters. The van der Waals surface area contributed by atoms with E-state index in [9.17, 15) is 10.1 Å². The number of hydrogen-bond donors (Lipinski definition) is 0. The Hall–Kier alpha value is -3.30. The van der Waals surface area contributed by atoms with Crippen LogP contribution in [0.25, 0.3) is 6.08 Å². The fraction of sp³-hybridized carbons (Fsp3) is 0.273. The first-order valence-electron chi connectivity index (χ1n) is 9.05. The molecule has 0 N–H and O–H groups in total. The highest BCUT2D eigenvalue weighted by atomic mass is 16.5. The smallest absolute Gasteiger partial charge is 0.264 e. The van der Waals surface area contributed by atoms with Gasteiger partial charge in [-0.2, -0.15) is 5.26 Å².